The number of carbonyl (C=O) groups excluding carboxylic acids is 2. The van der Waals surface area contributed by atoms with Gasteiger partial charge in [-0.2, -0.15) is 0 Å². The lowest BCUT2D eigenvalue weighted by Gasteiger charge is -2.24. The van der Waals surface area contributed by atoms with Crippen LogP contribution in [0.2, 0.25) is 0 Å². The summed E-state index contributed by atoms with van der Waals surface area (Å²) in [4.78, 5) is 29.4. The Morgan fingerprint density at radius 2 is 1.90 bits per heavy atom. The van der Waals surface area contributed by atoms with E-state index in [1.807, 2.05) is 34.6 Å². The molecule has 0 saturated carbocycles. The van der Waals surface area contributed by atoms with Gasteiger partial charge in [-0.1, -0.05) is 0 Å². The van der Waals surface area contributed by atoms with Gasteiger partial charge in [0.25, 0.3) is 5.91 Å². The Kier molecular flexibility index (Phi) is 3.69. The van der Waals surface area contributed by atoms with Gasteiger partial charge >= 0.3 is 6.09 Å². The smallest absolute Gasteiger partial charge is 0.410 e. The van der Waals surface area contributed by atoms with E-state index >= 15 is 0 Å². The van der Waals surface area contributed by atoms with Crippen LogP contribution in [0.3, 0.4) is 0 Å². The molecule has 0 aromatic carbocycles. The van der Waals surface area contributed by atoms with Gasteiger partial charge in [-0.25, -0.2) is 9.78 Å². The van der Waals surface area contributed by atoms with Gasteiger partial charge in [0.2, 0.25) is 0 Å². The van der Waals surface area contributed by atoms with Crippen molar-refractivity contribution in [2.75, 3.05) is 0 Å². The third-order valence-electron chi connectivity index (χ3n) is 3.16. The molecule has 1 aromatic rings. The van der Waals surface area contributed by atoms with Crippen molar-refractivity contribution in [1.82, 2.24) is 14.5 Å². The molecule has 1 aromatic heterocycles. The molecule has 0 bridgehead atoms. The number of hydrogen-bond donors (Lipinski definition) is 1. The maximum Gasteiger partial charge on any atom is 0.410 e. The zero-order valence-corrected chi connectivity index (χ0v) is 13.1. The van der Waals surface area contributed by atoms with E-state index in [0.29, 0.717) is 18.8 Å². The second-order valence-electron chi connectivity index (χ2n) is 6.49. The molecule has 2 N–H and O–H groups in total. The van der Waals surface area contributed by atoms with Gasteiger partial charge in [-0.15, -0.1) is 0 Å². The third-order valence-corrected chi connectivity index (χ3v) is 3.16. The van der Waals surface area contributed by atoms with E-state index in [4.69, 9.17) is 10.5 Å². The molecule has 0 unspecified atom stereocenters. The molecule has 1 aliphatic rings. The number of rotatable bonds is 2. The molecule has 7 heteroatoms. The molecule has 2 heterocycles. The number of fused-ring (bicyclic) bond motifs is 1. The molecule has 116 valence electrons. The fourth-order valence-corrected chi connectivity index (χ4v) is 2.41. The van der Waals surface area contributed by atoms with E-state index in [9.17, 15) is 9.59 Å². The number of ether oxygens (including phenoxy) is 1. The van der Waals surface area contributed by atoms with Gasteiger partial charge in [-0.3, -0.25) is 9.69 Å². The third kappa shape index (κ3) is 3.01. The zero-order chi connectivity index (χ0) is 15.9. The van der Waals surface area contributed by atoms with Gasteiger partial charge in [0.1, 0.15) is 5.60 Å². The van der Waals surface area contributed by atoms with Gasteiger partial charge in [-0.05, 0) is 34.6 Å². The highest BCUT2D eigenvalue weighted by Gasteiger charge is 2.33. The maximum absolute atomic E-state index is 12.1. The highest BCUT2D eigenvalue weighted by Crippen LogP contribution is 2.28. The first-order chi connectivity index (χ1) is 9.60. The number of nitrogens with two attached hydrogens (primary N) is 1. The van der Waals surface area contributed by atoms with Crippen LogP contribution in [0.25, 0.3) is 0 Å². The number of primary amides is 1. The van der Waals surface area contributed by atoms with Crippen molar-refractivity contribution in [3.63, 3.8) is 0 Å². The van der Waals surface area contributed by atoms with Crippen LogP contribution in [-0.2, 0) is 17.8 Å². The Labute approximate surface area is 124 Å². The number of carbonyl (C=O) groups is 2. The first-order valence-corrected chi connectivity index (χ1v) is 6.98. The largest absolute Gasteiger partial charge is 0.444 e. The summed E-state index contributed by atoms with van der Waals surface area (Å²) in [5.74, 6) is -0.305. The lowest BCUT2D eigenvalue weighted by atomic mass is 10.2. The van der Waals surface area contributed by atoms with Gasteiger partial charge in [0, 0.05) is 6.04 Å². The van der Waals surface area contributed by atoms with Crippen LogP contribution in [-0.4, -0.2) is 32.1 Å². The summed E-state index contributed by atoms with van der Waals surface area (Å²) in [6.45, 7) is 10.1. The SMILES string of the molecule is CC(C)n1c(C(N)=O)nc2c1CN(C(=O)OC(C)(C)C)C2. The van der Waals surface area contributed by atoms with E-state index in [1.165, 1.54) is 0 Å². The van der Waals surface area contributed by atoms with Crippen molar-refractivity contribution in [3.8, 4) is 0 Å². The van der Waals surface area contributed by atoms with E-state index in [-0.39, 0.29) is 18.0 Å². The summed E-state index contributed by atoms with van der Waals surface area (Å²) in [6.07, 6.45) is -0.378. The monoisotopic (exact) mass is 294 g/mol. The van der Waals surface area contributed by atoms with E-state index in [0.717, 1.165) is 5.69 Å². The Balaban J connectivity index is 2.24. The van der Waals surface area contributed by atoms with Crippen LogP contribution < -0.4 is 5.73 Å². The molecule has 0 fully saturated rings. The summed E-state index contributed by atoms with van der Waals surface area (Å²) in [7, 11) is 0. The number of aromatic nitrogens is 2. The zero-order valence-electron chi connectivity index (χ0n) is 13.1. The predicted octanol–water partition coefficient (Wildman–Crippen LogP) is 1.81. The minimum Gasteiger partial charge on any atom is -0.444 e. The molecule has 0 atom stereocenters. The summed E-state index contributed by atoms with van der Waals surface area (Å²) in [5, 5.41) is 0. The van der Waals surface area contributed by atoms with Crippen molar-refractivity contribution in [2.45, 2.75) is 59.4 Å². The molecular weight excluding hydrogens is 272 g/mol. The molecule has 21 heavy (non-hydrogen) atoms. The van der Waals surface area contributed by atoms with Gasteiger partial charge in [0.15, 0.2) is 5.82 Å². The quantitative estimate of drug-likeness (QED) is 0.900. The highest BCUT2D eigenvalue weighted by atomic mass is 16.6. The van der Waals surface area contributed by atoms with Crippen LogP contribution >= 0.6 is 0 Å². The molecule has 0 spiro atoms. The topological polar surface area (TPSA) is 90.5 Å². The fraction of sp³-hybridized carbons (Fsp3) is 0.643. The minimum atomic E-state index is -0.554. The Morgan fingerprint density at radius 1 is 1.29 bits per heavy atom. The summed E-state index contributed by atoms with van der Waals surface area (Å²) < 4.78 is 7.15. The molecule has 0 radical (unpaired) electrons. The summed E-state index contributed by atoms with van der Waals surface area (Å²) >= 11 is 0. The molecule has 1 aliphatic heterocycles. The number of amides is 2. The number of imidazole rings is 1. The first-order valence-electron chi connectivity index (χ1n) is 6.98. The standard InChI is InChI=1S/C14H22N4O3/c1-8(2)18-10-7-17(13(20)21-14(3,4)5)6-9(10)16-12(18)11(15)19/h8H,6-7H2,1-5H3,(H2,15,19). The van der Waals surface area contributed by atoms with Crippen molar-refractivity contribution in [3.05, 3.63) is 17.2 Å². The van der Waals surface area contributed by atoms with Crippen LogP contribution in [0.15, 0.2) is 0 Å². The lowest BCUT2D eigenvalue weighted by molar-refractivity contribution is 0.0237. The van der Waals surface area contributed by atoms with Crippen LogP contribution in [0.4, 0.5) is 4.79 Å². The normalized spacial score (nSPS) is 14.5. The van der Waals surface area contributed by atoms with E-state index < -0.39 is 11.5 Å². The van der Waals surface area contributed by atoms with Crippen LogP contribution in [0.5, 0.6) is 0 Å². The van der Waals surface area contributed by atoms with Crippen molar-refractivity contribution >= 4 is 12.0 Å². The van der Waals surface area contributed by atoms with Gasteiger partial charge in [0.05, 0.1) is 24.5 Å². The lowest BCUT2D eigenvalue weighted by Crippen LogP contribution is -2.34. The minimum absolute atomic E-state index is 0.0438. The van der Waals surface area contributed by atoms with Crippen molar-refractivity contribution in [1.29, 1.82) is 0 Å². The molecule has 0 saturated heterocycles. The van der Waals surface area contributed by atoms with Crippen LogP contribution in [0.1, 0.15) is 62.7 Å². The molecule has 2 rings (SSSR count). The average Bonchev–Trinajstić information content (AvgIpc) is 2.81. The number of hydrogen-bond acceptors (Lipinski definition) is 4. The predicted molar refractivity (Wildman–Crippen MR) is 76.6 cm³/mol. The molecule has 7 nitrogen and oxygen atoms in total. The van der Waals surface area contributed by atoms with Crippen LogP contribution in [0, 0.1) is 0 Å². The van der Waals surface area contributed by atoms with Gasteiger partial charge < -0.3 is 15.0 Å². The average molecular weight is 294 g/mol. The van der Waals surface area contributed by atoms with Crippen molar-refractivity contribution in [2.24, 2.45) is 5.73 Å². The Hall–Kier alpha value is -2.05. The summed E-state index contributed by atoms with van der Waals surface area (Å²) in [6, 6.07) is 0.0438. The second-order valence-corrected chi connectivity index (χ2v) is 6.49. The van der Waals surface area contributed by atoms with Crippen molar-refractivity contribution < 1.29 is 14.3 Å². The van der Waals surface area contributed by atoms with E-state index in [2.05, 4.69) is 4.98 Å². The molecule has 0 aliphatic carbocycles. The molecular formula is C14H22N4O3. The Bertz CT molecular complexity index is 584. The summed E-state index contributed by atoms with van der Waals surface area (Å²) in [5.41, 5.74) is 6.39. The highest BCUT2D eigenvalue weighted by molar-refractivity contribution is 5.89. The Morgan fingerprint density at radius 3 is 2.38 bits per heavy atom. The number of nitrogens with zero attached hydrogens (tertiary/aromatic N) is 3. The first kappa shape index (κ1) is 15.3. The second kappa shape index (κ2) is 5.05. The maximum atomic E-state index is 12.1. The molecule has 2 amide bonds. The van der Waals surface area contributed by atoms with E-state index in [1.54, 1.807) is 9.47 Å². The fourth-order valence-electron chi connectivity index (χ4n) is 2.41.